The lowest BCUT2D eigenvalue weighted by Crippen LogP contribution is -2.33. The summed E-state index contributed by atoms with van der Waals surface area (Å²) in [5.74, 6) is 0. The maximum Gasteiger partial charge on any atom is 0.472 e. The Balaban J connectivity index is 0.00000242. The minimum absolute atomic E-state index is 0. The molecule has 0 spiro atoms. The van der Waals surface area contributed by atoms with Gasteiger partial charge in [0.25, 0.3) is 5.56 Å². The van der Waals surface area contributed by atoms with E-state index < -0.39 is 31.4 Å². The van der Waals surface area contributed by atoms with Crippen molar-refractivity contribution in [3.8, 4) is 0 Å². The largest absolute Gasteiger partial charge is 0.472 e. The van der Waals surface area contributed by atoms with Crippen LogP contribution in [0.3, 0.4) is 0 Å². The summed E-state index contributed by atoms with van der Waals surface area (Å²) in [6.45, 7) is 1.47. The maximum atomic E-state index is 11.7. The molecule has 2 heterocycles. The minimum atomic E-state index is -4.04. The van der Waals surface area contributed by atoms with Crippen LogP contribution in [0.1, 0.15) is 32.1 Å². The van der Waals surface area contributed by atoms with Gasteiger partial charge >= 0.3 is 13.5 Å². The first-order valence-electron chi connectivity index (χ1n) is 6.33. The van der Waals surface area contributed by atoms with Crippen LogP contribution in [0.2, 0.25) is 0 Å². The average Bonchev–Trinajstić information content (AvgIpc) is 2.89. The Morgan fingerprint density at radius 3 is 2.82 bits per heavy atom. The monoisotopic (exact) mass is 336 g/mol. The quantitative estimate of drug-likeness (QED) is 0.767. The fourth-order valence-electron chi connectivity index (χ4n) is 2.04. The number of ether oxygens (including phenoxy) is 1. The smallest absolute Gasteiger partial charge is 0.352 e. The third kappa shape index (κ3) is 4.37. The van der Waals surface area contributed by atoms with E-state index in [4.69, 9.17) is 14.2 Å². The number of hydrogen-bond donors (Lipinski definition) is 2. The van der Waals surface area contributed by atoms with Gasteiger partial charge in [-0.1, -0.05) is 7.43 Å². The number of nitrogens with one attached hydrogen (secondary N) is 1. The molecule has 0 radical (unpaired) electrons. The van der Waals surface area contributed by atoms with Gasteiger partial charge in [0.15, 0.2) is 0 Å². The van der Waals surface area contributed by atoms with Crippen molar-refractivity contribution in [3.63, 3.8) is 0 Å². The van der Waals surface area contributed by atoms with Crippen molar-refractivity contribution >= 4 is 7.82 Å². The zero-order valence-electron chi connectivity index (χ0n) is 11.6. The van der Waals surface area contributed by atoms with Gasteiger partial charge in [-0.2, -0.15) is 0 Å². The number of phosphoric acid groups is 1. The lowest BCUT2D eigenvalue weighted by atomic mass is 10.2. The Kier molecular flexibility index (Phi) is 6.27. The van der Waals surface area contributed by atoms with Gasteiger partial charge in [-0.3, -0.25) is 23.4 Å². The molecule has 9 nitrogen and oxygen atoms in total. The Labute approximate surface area is 127 Å². The molecule has 2 rings (SSSR count). The predicted octanol–water partition coefficient (Wildman–Crippen LogP) is 0.922. The van der Waals surface area contributed by atoms with E-state index in [0.29, 0.717) is 18.4 Å². The highest BCUT2D eigenvalue weighted by atomic mass is 31.2. The molecule has 0 bridgehead atoms. The number of nitrogens with zero attached hydrogens (tertiary/aromatic N) is 1. The number of H-pyrrole nitrogens is 1. The second-order valence-electron chi connectivity index (χ2n) is 4.72. The van der Waals surface area contributed by atoms with Crippen LogP contribution in [0.25, 0.3) is 0 Å². The molecule has 2 N–H and O–H groups in total. The number of phosphoric ester groups is 1. The molecule has 1 aliphatic heterocycles. The van der Waals surface area contributed by atoms with Crippen LogP contribution in [0, 0.1) is 6.92 Å². The van der Waals surface area contributed by atoms with Crippen molar-refractivity contribution in [2.45, 2.75) is 39.5 Å². The molecule has 22 heavy (non-hydrogen) atoms. The van der Waals surface area contributed by atoms with Crippen LogP contribution in [-0.4, -0.2) is 34.3 Å². The molecule has 0 aliphatic carbocycles. The van der Waals surface area contributed by atoms with Crippen LogP contribution in [0.15, 0.2) is 15.8 Å². The molecule has 0 amide bonds. The van der Waals surface area contributed by atoms with E-state index in [1.165, 1.54) is 10.8 Å². The van der Waals surface area contributed by atoms with Crippen molar-refractivity contribution in [3.05, 3.63) is 32.6 Å². The number of aromatic amines is 1. The summed E-state index contributed by atoms with van der Waals surface area (Å²) in [5.41, 5.74) is -0.588. The highest BCUT2D eigenvalue weighted by molar-refractivity contribution is 7.47. The maximum absolute atomic E-state index is 11.7. The number of hydrogen-bond acceptors (Lipinski definition) is 6. The fraction of sp³-hybridized carbons (Fsp3) is 0.667. The average molecular weight is 336 g/mol. The van der Waals surface area contributed by atoms with Crippen molar-refractivity contribution in [1.29, 1.82) is 0 Å². The van der Waals surface area contributed by atoms with Gasteiger partial charge in [0.2, 0.25) is 0 Å². The summed E-state index contributed by atoms with van der Waals surface area (Å²) < 4.78 is 27.1. The molecular weight excluding hydrogens is 315 g/mol. The fourth-order valence-corrected chi connectivity index (χ4v) is 2.50. The third-order valence-electron chi connectivity index (χ3n) is 3.20. The minimum Gasteiger partial charge on any atom is -0.352 e. The van der Waals surface area contributed by atoms with Crippen molar-refractivity contribution in [2.75, 3.05) is 13.7 Å². The van der Waals surface area contributed by atoms with Gasteiger partial charge < -0.3 is 9.63 Å². The number of aryl methyl sites for hydroxylation is 1. The van der Waals surface area contributed by atoms with Crippen LogP contribution in [0.5, 0.6) is 0 Å². The molecule has 1 aromatic rings. The van der Waals surface area contributed by atoms with Crippen molar-refractivity contribution in [2.24, 2.45) is 0 Å². The molecule has 0 aromatic carbocycles. The molecule has 10 heteroatoms. The van der Waals surface area contributed by atoms with Crippen LogP contribution < -0.4 is 11.2 Å². The number of aromatic nitrogens is 2. The van der Waals surface area contributed by atoms with E-state index in [1.807, 2.05) is 0 Å². The van der Waals surface area contributed by atoms with Gasteiger partial charge in [-0.25, -0.2) is 9.36 Å². The standard InChI is InChI=1S/C11H17N2O7P.CH4/c1-7-5-13(11(15)12-10(7)14)9-4-3-8(20-9)6-19-21(16,17)18-2;/h5,8-9H,3-4,6H2,1-2H3,(H,16,17)(H,12,14,15);1H4/t8-,9+;/m0./s1. The predicted molar refractivity (Wildman–Crippen MR) is 78.7 cm³/mol. The summed E-state index contributed by atoms with van der Waals surface area (Å²) in [4.78, 5) is 34.4. The Bertz CT molecular complexity index is 668. The highest BCUT2D eigenvalue weighted by Gasteiger charge is 2.30. The van der Waals surface area contributed by atoms with Crippen LogP contribution >= 0.6 is 7.82 Å². The lowest BCUT2D eigenvalue weighted by Gasteiger charge is -2.17. The van der Waals surface area contributed by atoms with Gasteiger partial charge in [-0.15, -0.1) is 0 Å². The molecular formula is C12H21N2O7P. The molecule has 1 unspecified atom stereocenters. The summed E-state index contributed by atoms with van der Waals surface area (Å²) in [6.07, 6.45) is 1.55. The first-order valence-corrected chi connectivity index (χ1v) is 7.82. The van der Waals surface area contributed by atoms with Gasteiger partial charge in [-0.05, 0) is 19.8 Å². The van der Waals surface area contributed by atoms with Crippen molar-refractivity contribution in [1.82, 2.24) is 9.55 Å². The van der Waals surface area contributed by atoms with Gasteiger partial charge in [0.1, 0.15) is 6.23 Å². The van der Waals surface area contributed by atoms with E-state index in [-0.39, 0.29) is 14.0 Å². The topological polar surface area (TPSA) is 120 Å². The zero-order chi connectivity index (χ0) is 15.6. The van der Waals surface area contributed by atoms with Crippen LogP contribution in [-0.2, 0) is 18.3 Å². The molecule has 126 valence electrons. The van der Waals surface area contributed by atoms with Crippen LogP contribution in [0.4, 0.5) is 0 Å². The Hall–Kier alpha value is -1.25. The summed E-state index contributed by atoms with van der Waals surface area (Å²) in [6, 6.07) is 0. The molecule has 1 fully saturated rings. The van der Waals surface area contributed by atoms with Gasteiger partial charge in [0.05, 0.1) is 12.7 Å². The normalized spacial score (nSPS) is 23.8. The first-order chi connectivity index (χ1) is 9.82. The van der Waals surface area contributed by atoms with E-state index in [2.05, 4.69) is 9.51 Å². The molecule has 1 aliphatic rings. The van der Waals surface area contributed by atoms with E-state index in [9.17, 15) is 14.2 Å². The molecule has 1 saturated heterocycles. The Morgan fingerprint density at radius 2 is 2.18 bits per heavy atom. The summed E-state index contributed by atoms with van der Waals surface area (Å²) in [5, 5.41) is 0. The summed E-state index contributed by atoms with van der Waals surface area (Å²) in [7, 11) is -2.97. The second kappa shape index (κ2) is 7.34. The third-order valence-corrected chi connectivity index (χ3v) is 4.13. The zero-order valence-corrected chi connectivity index (χ0v) is 12.5. The SMILES string of the molecule is C.COP(=O)(O)OC[C@@H]1CC[C@H](n2cc(C)c(=O)[nH]c2=O)O1. The molecule has 1 aromatic heterocycles. The van der Waals surface area contributed by atoms with Crippen molar-refractivity contribution < 1.29 is 23.2 Å². The van der Waals surface area contributed by atoms with E-state index in [1.54, 1.807) is 6.92 Å². The van der Waals surface area contributed by atoms with Gasteiger partial charge in [0, 0.05) is 18.9 Å². The summed E-state index contributed by atoms with van der Waals surface area (Å²) >= 11 is 0. The molecule has 3 atom stereocenters. The lowest BCUT2D eigenvalue weighted by molar-refractivity contribution is -0.0252. The van der Waals surface area contributed by atoms with E-state index >= 15 is 0 Å². The van der Waals surface area contributed by atoms with E-state index in [0.717, 1.165) is 7.11 Å². The first kappa shape index (κ1) is 18.8. The number of rotatable bonds is 5. The Morgan fingerprint density at radius 1 is 1.50 bits per heavy atom. The highest BCUT2D eigenvalue weighted by Crippen LogP contribution is 2.43. The molecule has 0 saturated carbocycles. The second-order valence-corrected chi connectivity index (χ2v) is 6.28.